The van der Waals surface area contributed by atoms with Gasteiger partial charge in [-0.3, -0.25) is 4.68 Å². The van der Waals surface area contributed by atoms with E-state index in [1.54, 1.807) is 11.0 Å². The van der Waals surface area contributed by atoms with Crippen molar-refractivity contribution in [3.63, 3.8) is 0 Å². The smallest absolute Gasteiger partial charge is 0.191 e. The van der Waals surface area contributed by atoms with Crippen molar-refractivity contribution >= 4 is 5.96 Å². The van der Waals surface area contributed by atoms with Crippen LogP contribution in [0, 0.1) is 5.92 Å². The van der Waals surface area contributed by atoms with E-state index in [2.05, 4.69) is 39.6 Å². The molecule has 0 amide bonds. The summed E-state index contributed by atoms with van der Waals surface area (Å²) in [5.41, 5.74) is 0. The maximum atomic E-state index is 4.56. The Bertz CT molecular complexity index is 425. The Morgan fingerprint density at radius 3 is 3.00 bits per heavy atom. The topological polar surface area (TPSA) is 67.1 Å². The molecule has 6 heteroatoms. The standard InChI is InChI=1S/C13H24N6/c1-4-6-10-7-11(10)18-13(14-5-2)15-8-12-16-9-17-19(12)3/h9-11H,4-8H2,1-3H3,(H2,14,15,18). The molecule has 1 aliphatic carbocycles. The lowest BCUT2D eigenvalue weighted by molar-refractivity contribution is 0.653. The Hall–Kier alpha value is -1.59. The lowest BCUT2D eigenvalue weighted by Crippen LogP contribution is -2.39. The summed E-state index contributed by atoms with van der Waals surface area (Å²) in [6.07, 6.45) is 5.39. The van der Waals surface area contributed by atoms with Gasteiger partial charge in [-0.15, -0.1) is 0 Å². The van der Waals surface area contributed by atoms with Crippen molar-refractivity contribution in [3.05, 3.63) is 12.2 Å². The molecule has 0 radical (unpaired) electrons. The molecule has 2 rings (SSSR count). The molecule has 19 heavy (non-hydrogen) atoms. The molecule has 1 saturated carbocycles. The fourth-order valence-electron chi connectivity index (χ4n) is 2.22. The van der Waals surface area contributed by atoms with Gasteiger partial charge in [-0.25, -0.2) is 9.98 Å². The van der Waals surface area contributed by atoms with Gasteiger partial charge in [-0.2, -0.15) is 5.10 Å². The molecule has 1 fully saturated rings. The van der Waals surface area contributed by atoms with Crippen LogP contribution in [-0.2, 0) is 13.6 Å². The summed E-state index contributed by atoms with van der Waals surface area (Å²) in [5, 5.41) is 10.8. The van der Waals surface area contributed by atoms with Crippen molar-refractivity contribution in [1.82, 2.24) is 25.4 Å². The monoisotopic (exact) mass is 264 g/mol. The zero-order chi connectivity index (χ0) is 13.7. The van der Waals surface area contributed by atoms with Gasteiger partial charge in [0.2, 0.25) is 0 Å². The SMILES string of the molecule is CCCC1CC1NC(=NCc1ncnn1C)NCC. The largest absolute Gasteiger partial charge is 0.357 e. The summed E-state index contributed by atoms with van der Waals surface area (Å²) in [5.74, 6) is 2.58. The number of nitrogens with one attached hydrogen (secondary N) is 2. The highest BCUT2D eigenvalue weighted by atomic mass is 15.3. The second kappa shape index (κ2) is 6.54. The molecule has 0 spiro atoms. The van der Waals surface area contributed by atoms with Crippen molar-refractivity contribution in [2.75, 3.05) is 6.54 Å². The van der Waals surface area contributed by atoms with Crippen molar-refractivity contribution in [2.45, 2.75) is 45.7 Å². The fourth-order valence-corrected chi connectivity index (χ4v) is 2.22. The maximum absolute atomic E-state index is 4.56. The molecular weight excluding hydrogens is 240 g/mol. The molecule has 106 valence electrons. The highest BCUT2D eigenvalue weighted by molar-refractivity contribution is 5.80. The maximum Gasteiger partial charge on any atom is 0.191 e. The van der Waals surface area contributed by atoms with Gasteiger partial charge in [0.15, 0.2) is 5.96 Å². The first-order valence-corrected chi connectivity index (χ1v) is 7.12. The number of rotatable bonds is 6. The summed E-state index contributed by atoms with van der Waals surface area (Å²) in [6.45, 7) is 5.74. The molecule has 2 unspecified atom stereocenters. The van der Waals surface area contributed by atoms with E-state index < -0.39 is 0 Å². The van der Waals surface area contributed by atoms with E-state index >= 15 is 0 Å². The highest BCUT2D eigenvalue weighted by Crippen LogP contribution is 2.34. The molecule has 1 aliphatic rings. The van der Waals surface area contributed by atoms with Gasteiger partial charge in [0.25, 0.3) is 0 Å². The summed E-state index contributed by atoms with van der Waals surface area (Å²) in [4.78, 5) is 8.74. The minimum Gasteiger partial charge on any atom is -0.357 e. The minimum absolute atomic E-state index is 0.553. The Balaban J connectivity index is 1.87. The van der Waals surface area contributed by atoms with E-state index in [0.717, 1.165) is 24.2 Å². The summed E-state index contributed by atoms with van der Waals surface area (Å²) < 4.78 is 1.75. The van der Waals surface area contributed by atoms with Crippen LogP contribution in [0.2, 0.25) is 0 Å². The van der Waals surface area contributed by atoms with Crippen LogP contribution in [0.4, 0.5) is 0 Å². The second-order valence-corrected chi connectivity index (χ2v) is 5.03. The van der Waals surface area contributed by atoms with Gasteiger partial charge in [-0.1, -0.05) is 13.3 Å². The molecule has 1 aromatic rings. The number of nitrogens with zero attached hydrogens (tertiary/aromatic N) is 4. The van der Waals surface area contributed by atoms with Crippen molar-refractivity contribution in [3.8, 4) is 0 Å². The van der Waals surface area contributed by atoms with E-state index in [0.29, 0.717) is 12.6 Å². The number of aliphatic imine (C=N–C) groups is 1. The van der Waals surface area contributed by atoms with E-state index in [4.69, 9.17) is 0 Å². The predicted molar refractivity (Wildman–Crippen MR) is 75.8 cm³/mol. The van der Waals surface area contributed by atoms with Gasteiger partial charge in [-0.05, 0) is 25.7 Å². The average Bonchev–Trinajstić information content (AvgIpc) is 2.97. The van der Waals surface area contributed by atoms with Gasteiger partial charge in [0, 0.05) is 19.6 Å². The molecule has 0 aliphatic heterocycles. The van der Waals surface area contributed by atoms with Crippen LogP contribution in [0.3, 0.4) is 0 Å². The van der Waals surface area contributed by atoms with E-state index in [9.17, 15) is 0 Å². The molecule has 2 N–H and O–H groups in total. The van der Waals surface area contributed by atoms with Crippen LogP contribution in [0.25, 0.3) is 0 Å². The number of guanidine groups is 1. The van der Waals surface area contributed by atoms with E-state index in [1.165, 1.54) is 19.3 Å². The van der Waals surface area contributed by atoms with Crippen LogP contribution >= 0.6 is 0 Å². The Kier molecular flexibility index (Phi) is 4.76. The molecule has 0 saturated heterocycles. The first-order valence-electron chi connectivity index (χ1n) is 7.12. The first-order chi connectivity index (χ1) is 9.24. The van der Waals surface area contributed by atoms with Crippen LogP contribution in [-0.4, -0.2) is 33.3 Å². The van der Waals surface area contributed by atoms with Crippen LogP contribution in [0.15, 0.2) is 11.3 Å². The Morgan fingerprint density at radius 2 is 2.37 bits per heavy atom. The third kappa shape index (κ3) is 3.94. The van der Waals surface area contributed by atoms with Crippen LogP contribution in [0.1, 0.15) is 38.9 Å². The predicted octanol–water partition coefficient (Wildman–Crippen LogP) is 1.06. The minimum atomic E-state index is 0.553. The lowest BCUT2D eigenvalue weighted by Gasteiger charge is -2.10. The highest BCUT2D eigenvalue weighted by Gasteiger charge is 2.36. The molecule has 6 nitrogen and oxygen atoms in total. The summed E-state index contributed by atoms with van der Waals surface area (Å²) in [6, 6.07) is 0.595. The average molecular weight is 264 g/mol. The fraction of sp³-hybridized carbons (Fsp3) is 0.769. The number of hydrogen-bond acceptors (Lipinski definition) is 3. The van der Waals surface area contributed by atoms with Gasteiger partial charge in [0.05, 0.1) is 0 Å². The normalized spacial score (nSPS) is 22.4. The van der Waals surface area contributed by atoms with Gasteiger partial charge < -0.3 is 10.6 Å². The van der Waals surface area contributed by atoms with Gasteiger partial charge in [0.1, 0.15) is 18.7 Å². The summed E-state index contributed by atoms with van der Waals surface area (Å²) >= 11 is 0. The quantitative estimate of drug-likeness (QED) is 0.595. The summed E-state index contributed by atoms with van der Waals surface area (Å²) in [7, 11) is 1.89. The third-order valence-electron chi connectivity index (χ3n) is 3.43. The van der Waals surface area contributed by atoms with Crippen molar-refractivity contribution < 1.29 is 0 Å². The molecule has 2 atom stereocenters. The number of aryl methyl sites for hydroxylation is 1. The molecular formula is C13H24N6. The zero-order valence-electron chi connectivity index (χ0n) is 12.1. The molecule has 0 aromatic carbocycles. The van der Waals surface area contributed by atoms with Crippen molar-refractivity contribution in [1.29, 1.82) is 0 Å². The first kappa shape index (κ1) is 13.8. The molecule has 1 heterocycles. The lowest BCUT2D eigenvalue weighted by atomic mass is 10.2. The van der Waals surface area contributed by atoms with E-state index in [-0.39, 0.29) is 0 Å². The Labute approximate surface area is 114 Å². The molecule has 1 aromatic heterocycles. The third-order valence-corrected chi connectivity index (χ3v) is 3.43. The molecule has 0 bridgehead atoms. The zero-order valence-corrected chi connectivity index (χ0v) is 12.1. The number of hydrogen-bond donors (Lipinski definition) is 2. The van der Waals surface area contributed by atoms with E-state index in [1.807, 2.05) is 7.05 Å². The van der Waals surface area contributed by atoms with Gasteiger partial charge >= 0.3 is 0 Å². The van der Waals surface area contributed by atoms with Crippen molar-refractivity contribution in [2.24, 2.45) is 18.0 Å². The second-order valence-electron chi connectivity index (χ2n) is 5.03. The number of aromatic nitrogens is 3. The van der Waals surface area contributed by atoms with Crippen LogP contribution < -0.4 is 10.6 Å². The van der Waals surface area contributed by atoms with Crippen LogP contribution in [0.5, 0.6) is 0 Å². The Morgan fingerprint density at radius 1 is 1.53 bits per heavy atom.